The van der Waals surface area contributed by atoms with Crippen molar-refractivity contribution in [3.8, 4) is 11.5 Å². The van der Waals surface area contributed by atoms with Gasteiger partial charge in [-0.2, -0.15) is 0 Å². The van der Waals surface area contributed by atoms with Crippen LogP contribution in [0.2, 0.25) is 0 Å². The number of likely N-dealkylation sites (tertiary alicyclic amines) is 1. The van der Waals surface area contributed by atoms with Crippen molar-refractivity contribution >= 4 is 5.95 Å². The lowest BCUT2D eigenvalue weighted by Gasteiger charge is -2.18. The van der Waals surface area contributed by atoms with Crippen LogP contribution in [-0.2, 0) is 6.54 Å². The van der Waals surface area contributed by atoms with Crippen molar-refractivity contribution in [1.29, 1.82) is 0 Å². The van der Waals surface area contributed by atoms with Crippen LogP contribution in [0.1, 0.15) is 12.1 Å². The number of methoxy groups -OCH3 is 2. The molecule has 0 saturated carbocycles. The Morgan fingerprint density at radius 3 is 2.74 bits per heavy atom. The Morgan fingerprint density at radius 2 is 2.00 bits per heavy atom. The zero-order valence-electron chi connectivity index (χ0n) is 13.4. The Labute approximate surface area is 135 Å². The molecule has 2 aromatic rings. The van der Waals surface area contributed by atoms with Gasteiger partial charge in [-0.25, -0.2) is 9.97 Å². The molecule has 0 aromatic carbocycles. The quantitative estimate of drug-likeness (QED) is 0.867. The number of pyridine rings is 1. The summed E-state index contributed by atoms with van der Waals surface area (Å²) in [6, 6.07) is 3.96. The van der Waals surface area contributed by atoms with Crippen LogP contribution >= 0.6 is 0 Å². The first kappa shape index (κ1) is 15.5. The summed E-state index contributed by atoms with van der Waals surface area (Å²) in [4.78, 5) is 15.2. The van der Waals surface area contributed by atoms with Crippen molar-refractivity contribution in [2.75, 3.05) is 32.6 Å². The molecular formula is C16H21N5O2. The van der Waals surface area contributed by atoms with E-state index in [1.54, 1.807) is 32.8 Å². The van der Waals surface area contributed by atoms with Crippen LogP contribution < -0.4 is 14.8 Å². The van der Waals surface area contributed by atoms with Crippen LogP contribution in [0.5, 0.6) is 11.5 Å². The highest BCUT2D eigenvalue weighted by atomic mass is 16.5. The molecule has 1 atom stereocenters. The fourth-order valence-electron chi connectivity index (χ4n) is 2.83. The molecule has 1 N–H and O–H groups in total. The molecule has 23 heavy (non-hydrogen) atoms. The molecule has 1 unspecified atom stereocenters. The van der Waals surface area contributed by atoms with E-state index in [4.69, 9.17) is 9.47 Å². The second-order valence-electron chi connectivity index (χ2n) is 5.43. The maximum atomic E-state index is 5.45. The van der Waals surface area contributed by atoms with Crippen molar-refractivity contribution in [1.82, 2.24) is 19.9 Å². The van der Waals surface area contributed by atoms with Crippen molar-refractivity contribution in [3.05, 3.63) is 36.4 Å². The van der Waals surface area contributed by atoms with E-state index in [1.807, 2.05) is 12.1 Å². The fourth-order valence-corrected chi connectivity index (χ4v) is 2.83. The third kappa shape index (κ3) is 3.68. The Balaban J connectivity index is 1.62. The molecule has 1 aliphatic heterocycles. The van der Waals surface area contributed by atoms with E-state index in [1.165, 1.54) is 0 Å². The summed E-state index contributed by atoms with van der Waals surface area (Å²) >= 11 is 0. The molecule has 3 rings (SSSR count). The molecule has 0 amide bonds. The molecular weight excluding hydrogens is 294 g/mol. The van der Waals surface area contributed by atoms with Gasteiger partial charge in [0.2, 0.25) is 5.95 Å². The molecule has 0 radical (unpaired) electrons. The predicted octanol–water partition coefficient (Wildman–Crippen LogP) is 1.58. The zero-order valence-corrected chi connectivity index (χ0v) is 13.4. The number of anilines is 1. The maximum Gasteiger partial charge on any atom is 0.222 e. The summed E-state index contributed by atoms with van der Waals surface area (Å²) in [7, 11) is 3.28. The summed E-state index contributed by atoms with van der Waals surface area (Å²) in [5.41, 5.74) is 0.892. The van der Waals surface area contributed by atoms with Crippen molar-refractivity contribution < 1.29 is 9.47 Å². The lowest BCUT2D eigenvalue weighted by atomic mass is 10.2. The van der Waals surface area contributed by atoms with Gasteiger partial charge >= 0.3 is 0 Å². The van der Waals surface area contributed by atoms with Gasteiger partial charge in [0.1, 0.15) is 5.69 Å². The predicted molar refractivity (Wildman–Crippen MR) is 86.7 cm³/mol. The van der Waals surface area contributed by atoms with Gasteiger partial charge in [-0.3, -0.25) is 9.88 Å². The van der Waals surface area contributed by atoms with Crippen LogP contribution in [0, 0.1) is 0 Å². The van der Waals surface area contributed by atoms with Gasteiger partial charge < -0.3 is 14.8 Å². The average molecular weight is 315 g/mol. The molecule has 3 heterocycles. The summed E-state index contributed by atoms with van der Waals surface area (Å²) < 4.78 is 10.8. The summed E-state index contributed by atoms with van der Waals surface area (Å²) in [6.07, 6.45) is 6.28. The number of ether oxygens (including phenoxy) is 2. The molecule has 0 spiro atoms. The molecule has 1 aliphatic rings. The van der Waals surface area contributed by atoms with Crippen LogP contribution in [0.15, 0.2) is 30.7 Å². The third-order valence-electron chi connectivity index (χ3n) is 3.91. The van der Waals surface area contributed by atoms with E-state index >= 15 is 0 Å². The van der Waals surface area contributed by atoms with Gasteiger partial charge in [0, 0.05) is 50.3 Å². The lowest BCUT2D eigenvalue weighted by molar-refractivity contribution is 0.304. The Bertz CT molecular complexity index is 638. The molecule has 7 nitrogen and oxygen atoms in total. The molecule has 0 aliphatic carbocycles. The van der Waals surface area contributed by atoms with Gasteiger partial charge in [-0.15, -0.1) is 0 Å². The molecule has 1 fully saturated rings. The normalized spacial score (nSPS) is 17.9. The highest BCUT2D eigenvalue weighted by Crippen LogP contribution is 2.30. The number of nitrogens with one attached hydrogen (secondary N) is 1. The summed E-state index contributed by atoms with van der Waals surface area (Å²) in [5.74, 6) is 2.10. The molecule has 122 valence electrons. The highest BCUT2D eigenvalue weighted by Gasteiger charge is 2.24. The number of aromatic nitrogens is 3. The van der Waals surface area contributed by atoms with Crippen molar-refractivity contribution in [2.45, 2.75) is 19.0 Å². The van der Waals surface area contributed by atoms with Crippen molar-refractivity contribution in [3.63, 3.8) is 0 Å². The number of hydrogen-bond acceptors (Lipinski definition) is 7. The van der Waals surface area contributed by atoms with Gasteiger partial charge in [-0.1, -0.05) is 0 Å². The Morgan fingerprint density at radius 1 is 1.17 bits per heavy atom. The number of hydrogen-bond donors (Lipinski definition) is 1. The van der Waals surface area contributed by atoms with Gasteiger partial charge in [0.25, 0.3) is 0 Å². The largest absolute Gasteiger partial charge is 0.493 e. The Kier molecular flexibility index (Phi) is 4.87. The molecule has 1 saturated heterocycles. The van der Waals surface area contributed by atoms with E-state index < -0.39 is 0 Å². The first-order valence-corrected chi connectivity index (χ1v) is 7.62. The molecule has 2 aromatic heterocycles. The minimum Gasteiger partial charge on any atom is -0.493 e. The fraction of sp³-hybridized carbons (Fsp3) is 0.438. The first-order chi connectivity index (χ1) is 11.3. The lowest BCUT2D eigenvalue weighted by Crippen LogP contribution is -2.27. The standard InChI is InChI=1S/C16H21N5O2/c1-22-14-4-8-17-13(15(14)23-2)11-21-9-5-12(10-21)20-16-18-6-3-7-19-16/h3-4,6-8,12H,5,9-11H2,1-2H3,(H,18,19,20). The first-order valence-electron chi connectivity index (χ1n) is 7.62. The highest BCUT2D eigenvalue weighted by molar-refractivity contribution is 5.42. The van der Waals surface area contributed by atoms with Crippen molar-refractivity contribution in [2.24, 2.45) is 0 Å². The van der Waals surface area contributed by atoms with Gasteiger partial charge in [0.05, 0.1) is 14.2 Å². The maximum absolute atomic E-state index is 5.45. The average Bonchev–Trinajstić information content (AvgIpc) is 3.02. The third-order valence-corrected chi connectivity index (χ3v) is 3.91. The van der Waals surface area contributed by atoms with Gasteiger partial charge in [-0.05, 0) is 12.5 Å². The topological polar surface area (TPSA) is 72.4 Å². The number of rotatable bonds is 6. The van der Waals surface area contributed by atoms with E-state index in [0.717, 1.165) is 31.7 Å². The molecule has 7 heteroatoms. The minimum absolute atomic E-state index is 0.342. The smallest absolute Gasteiger partial charge is 0.222 e. The van der Waals surface area contributed by atoms with Crippen LogP contribution in [-0.4, -0.2) is 53.2 Å². The van der Waals surface area contributed by atoms with E-state index in [2.05, 4.69) is 25.2 Å². The van der Waals surface area contributed by atoms with E-state index in [-0.39, 0.29) is 0 Å². The number of nitrogens with zero attached hydrogens (tertiary/aromatic N) is 4. The zero-order chi connectivity index (χ0) is 16.1. The van der Waals surface area contributed by atoms with E-state index in [9.17, 15) is 0 Å². The van der Waals surface area contributed by atoms with Gasteiger partial charge in [0.15, 0.2) is 11.5 Å². The van der Waals surface area contributed by atoms with Crippen LogP contribution in [0.4, 0.5) is 5.95 Å². The van der Waals surface area contributed by atoms with Crippen LogP contribution in [0.25, 0.3) is 0 Å². The molecule has 0 bridgehead atoms. The minimum atomic E-state index is 0.342. The summed E-state index contributed by atoms with van der Waals surface area (Å²) in [5, 5.41) is 3.37. The summed E-state index contributed by atoms with van der Waals surface area (Å²) in [6.45, 7) is 2.64. The second kappa shape index (κ2) is 7.23. The van der Waals surface area contributed by atoms with Crippen LogP contribution in [0.3, 0.4) is 0 Å². The van der Waals surface area contributed by atoms with E-state index in [0.29, 0.717) is 23.5 Å². The monoisotopic (exact) mass is 315 g/mol. The Hall–Kier alpha value is -2.41. The second-order valence-corrected chi connectivity index (χ2v) is 5.43. The SMILES string of the molecule is COc1ccnc(CN2CCC(Nc3ncccn3)C2)c1OC.